The number of unbranched alkanes of at least 4 members (excludes halogenated alkanes) is 1. The van der Waals surface area contributed by atoms with Crippen LogP contribution in [0.4, 0.5) is 5.95 Å². The molecule has 0 aliphatic heterocycles. The number of pyridine rings is 1. The van der Waals surface area contributed by atoms with Crippen LogP contribution in [-0.4, -0.2) is 52.3 Å². The Morgan fingerprint density at radius 1 is 1.26 bits per heavy atom. The summed E-state index contributed by atoms with van der Waals surface area (Å²) in [5, 5.41) is 29.2. The Morgan fingerprint density at radius 2 is 2.11 bits per heavy atom. The predicted octanol–water partition coefficient (Wildman–Crippen LogP) is 3.35. The maximum absolute atomic E-state index is 11.4. The number of anilines is 1. The molecule has 3 heterocycles. The van der Waals surface area contributed by atoms with E-state index in [-0.39, 0.29) is 12.0 Å². The molecule has 11 nitrogen and oxygen atoms in total. The summed E-state index contributed by atoms with van der Waals surface area (Å²) in [4.78, 5) is 20.6. The van der Waals surface area contributed by atoms with Gasteiger partial charge in [-0.2, -0.15) is 5.10 Å². The average Bonchev–Trinajstić information content (AvgIpc) is 3.23. The van der Waals surface area contributed by atoms with Gasteiger partial charge in [-0.15, -0.1) is 10.2 Å². The van der Waals surface area contributed by atoms with E-state index in [0.717, 1.165) is 49.2 Å². The van der Waals surface area contributed by atoms with Gasteiger partial charge in [-0.05, 0) is 57.6 Å². The van der Waals surface area contributed by atoms with Crippen LogP contribution in [0.5, 0.6) is 5.75 Å². The second-order valence-electron chi connectivity index (χ2n) is 8.96. The van der Waals surface area contributed by atoms with Gasteiger partial charge in [0.25, 0.3) is 0 Å². The topological polar surface area (TPSA) is 141 Å². The van der Waals surface area contributed by atoms with Gasteiger partial charge in [0.05, 0.1) is 47.5 Å². The van der Waals surface area contributed by atoms with Gasteiger partial charge >= 0.3 is 5.97 Å². The summed E-state index contributed by atoms with van der Waals surface area (Å²) in [6.45, 7) is 4.44. The molecule has 3 aromatic heterocycles. The molecule has 3 aromatic rings. The van der Waals surface area contributed by atoms with E-state index < -0.39 is 5.97 Å². The smallest absolute Gasteiger partial charge is 0.306 e. The number of nitrogens with one attached hydrogen (secondary N) is 1. The standard InChI is InChI=1S/C24H32N8O3/c1-4-5-8-17-13-26-30-24(28-17)25-14-20-22(29-31-32(20)3)19-10-11-21(15(2)27-19)35-18-9-6-7-16(12-18)23(33)34/h10-11,13,16,18H,4-9,12,14H2,1-3H3,(H,33,34)(H,25,28,30)/t16?,18-/m0/s1. The van der Waals surface area contributed by atoms with Crippen molar-refractivity contribution in [3.63, 3.8) is 0 Å². The molecular weight excluding hydrogens is 448 g/mol. The summed E-state index contributed by atoms with van der Waals surface area (Å²) >= 11 is 0. The van der Waals surface area contributed by atoms with Crippen LogP contribution in [0.25, 0.3) is 11.4 Å². The number of aryl methyl sites for hydroxylation is 3. The van der Waals surface area contributed by atoms with Gasteiger partial charge < -0.3 is 15.2 Å². The van der Waals surface area contributed by atoms with Crippen molar-refractivity contribution in [3.05, 3.63) is 35.4 Å². The fraction of sp³-hybridized carbons (Fsp3) is 0.542. The van der Waals surface area contributed by atoms with Crippen molar-refractivity contribution >= 4 is 11.9 Å². The predicted molar refractivity (Wildman–Crippen MR) is 129 cm³/mol. The molecule has 1 aliphatic carbocycles. The number of hydrogen-bond acceptors (Lipinski definition) is 9. The lowest BCUT2D eigenvalue weighted by atomic mass is 9.87. The number of rotatable bonds is 10. The fourth-order valence-corrected chi connectivity index (χ4v) is 4.29. The van der Waals surface area contributed by atoms with E-state index in [0.29, 0.717) is 42.5 Å². The van der Waals surface area contributed by atoms with Gasteiger partial charge in [-0.1, -0.05) is 18.6 Å². The Labute approximate surface area is 204 Å². The Kier molecular flexibility index (Phi) is 7.84. The molecule has 35 heavy (non-hydrogen) atoms. The van der Waals surface area contributed by atoms with Crippen molar-refractivity contribution in [2.45, 2.75) is 71.4 Å². The zero-order chi connectivity index (χ0) is 24.8. The molecule has 1 saturated carbocycles. The number of aromatic nitrogens is 7. The van der Waals surface area contributed by atoms with E-state index in [1.165, 1.54) is 0 Å². The minimum absolute atomic E-state index is 0.117. The summed E-state index contributed by atoms with van der Waals surface area (Å²) in [6, 6.07) is 3.73. The Balaban J connectivity index is 1.45. The number of nitrogens with zero attached hydrogens (tertiary/aromatic N) is 7. The Morgan fingerprint density at radius 3 is 2.89 bits per heavy atom. The van der Waals surface area contributed by atoms with Gasteiger partial charge in [0.15, 0.2) is 0 Å². The SMILES string of the molecule is CCCCc1cnnc(NCc2c(-c3ccc(O[C@H]4CCCC(C(=O)O)C4)c(C)n3)nnn2C)n1. The number of carboxylic acids is 1. The first-order chi connectivity index (χ1) is 16.9. The molecular formula is C24H32N8O3. The lowest BCUT2D eigenvalue weighted by Gasteiger charge is -2.27. The molecule has 0 saturated heterocycles. The zero-order valence-corrected chi connectivity index (χ0v) is 20.4. The molecule has 2 atom stereocenters. The summed E-state index contributed by atoms with van der Waals surface area (Å²) in [6.07, 6.45) is 7.53. The highest BCUT2D eigenvalue weighted by atomic mass is 16.5. The molecule has 2 N–H and O–H groups in total. The van der Waals surface area contributed by atoms with Gasteiger partial charge in [-0.25, -0.2) is 14.6 Å². The maximum Gasteiger partial charge on any atom is 0.306 e. The number of ether oxygens (including phenoxy) is 1. The monoisotopic (exact) mass is 480 g/mol. The summed E-state index contributed by atoms with van der Waals surface area (Å²) < 4.78 is 7.83. The third-order valence-electron chi connectivity index (χ3n) is 6.30. The molecule has 0 spiro atoms. The van der Waals surface area contributed by atoms with Crippen molar-refractivity contribution in [3.8, 4) is 17.1 Å². The number of hydrogen-bond donors (Lipinski definition) is 2. The first-order valence-electron chi connectivity index (χ1n) is 12.1. The first-order valence-corrected chi connectivity index (χ1v) is 12.1. The van der Waals surface area contributed by atoms with E-state index in [9.17, 15) is 9.90 Å². The van der Waals surface area contributed by atoms with Crippen molar-refractivity contribution in [2.75, 3.05) is 5.32 Å². The Hall–Kier alpha value is -3.63. The van der Waals surface area contributed by atoms with Gasteiger partial charge in [-0.3, -0.25) is 4.79 Å². The molecule has 4 rings (SSSR count). The van der Waals surface area contributed by atoms with Crippen LogP contribution in [0.3, 0.4) is 0 Å². The fourth-order valence-electron chi connectivity index (χ4n) is 4.29. The lowest BCUT2D eigenvalue weighted by Crippen LogP contribution is -2.29. The van der Waals surface area contributed by atoms with Crippen molar-refractivity contribution in [2.24, 2.45) is 13.0 Å². The second kappa shape index (κ2) is 11.2. The first kappa shape index (κ1) is 24.5. The van der Waals surface area contributed by atoms with Gasteiger partial charge in [0, 0.05) is 7.05 Å². The zero-order valence-electron chi connectivity index (χ0n) is 20.4. The maximum atomic E-state index is 11.4. The normalized spacial score (nSPS) is 17.8. The minimum atomic E-state index is -0.749. The molecule has 1 aliphatic rings. The lowest BCUT2D eigenvalue weighted by molar-refractivity contribution is -0.143. The van der Waals surface area contributed by atoms with Crippen LogP contribution in [0.1, 0.15) is 62.5 Å². The quantitative estimate of drug-likeness (QED) is 0.444. The van der Waals surface area contributed by atoms with Crippen LogP contribution >= 0.6 is 0 Å². The summed E-state index contributed by atoms with van der Waals surface area (Å²) in [5.74, 6) is 0.0334. The third-order valence-corrected chi connectivity index (χ3v) is 6.30. The van der Waals surface area contributed by atoms with E-state index in [1.807, 2.05) is 26.1 Å². The highest BCUT2D eigenvalue weighted by molar-refractivity contribution is 5.70. The summed E-state index contributed by atoms with van der Waals surface area (Å²) in [7, 11) is 1.83. The highest BCUT2D eigenvalue weighted by Crippen LogP contribution is 2.30. The van der Waals surface area contributed by atoms with Crippen LogP contribution in [0.15, 0.2) is 18.3 Å². The molecule has 11 heteroatoms. The van der Waals surface area contributed by atoms with Gasteiger partial charge in [0.2, 0.25) is 5.95 Å². The van der Waals surface area contributed by atoms with E-state index >= 15 is 0 Å². The molecule has 0 aromatic carbocycles. The minimum Gasteiger partial charge on any atom is -0.489 e. The second-order valence-corrected chi connectivity index (χ2v) is 8.96. The molecule has 1 fully saturated rings. The van der Waals surface area contributed by atoms with Crippen LogP contribution in [-0.2, 0) is 24.8 Å². The van der Waals surface area contributed by atoms with Crippen LogP contribution < -0.4 is 10.1 Å². The third kappa shape index (κ3) is 6.09. The van der Waals surface area contributed by atoms with Crippen LogP contribution in [0, 0.1) is 12.8 Å². The molecule has 186 valence electrons. The average molecular weight is 481 g/mol. The van der Waals surface area contributed by atoms with Crippen molar-refractivity contribution < 1.29 is 14.6 Å². The summed E-state index contributed by atoms with van der Waals surface area (Å²) in [5.41, 5.74) is 3.81. The Bertz CT molecular complexity index is 1170. The number of aliphatic carboxylic acids is 1. The molecule has 1 unspecified atom stereocenters. The number of carbonyl (C=O) groups is 1. The molecule has 0 radical (unpaired) electrons. The van der Waals surface area contributed by atoms with Gasteiger partial charge in [0.1, 0.15) is 11.4 Å². The van der Waals surface area contributed by atoms with Crippen molar-refractivity contribution in [1.29, 1.82) is 0 Å². The molecule has 0 bridgehead atoms. The van der Waals surface area contributed by atoms with Crippen molar-refractivity contribution in [1.82, 2.24) is 35.2 Å². The number of carboxylic acid groups (broad SMARTS) is 1. The highest BCUT2D eigenvalue weighted by Gasteiger charge is 2.28. The molecule has 0 amide bonds. The van der Waals surface area contributed by atoms with Crippen LogP contribution in [0.2, 0.25) is 0 Å². The largest absolute Gasteiger partial charge is 0.489 e. The van der Waals surface area contributed by atoms with E-state index in [1.54, 1.807) is 10.9 Å². The van der Waals surface area contributed by atoms with E-state index in [4.69, 9.17) is 9.72 Å². The van der Waals surface area contributed by atoms with E-state index in [2.05, 4.69) is 37.7 Å².